The number of methoxy groups -OCH3 is 2. The molecule has 0 bridgehead atoms. The predicted octanol–water partition coefficient (Wildman–Crippen LogP) is 1.67. The van der Waals surface area contributed by atoms with Crippen molar-refractivity contribution in [3.8, 4) is 11.4 Å². The molecule has 0 aliphatic rings. The van der Waals surface area contributed by atoms with E-state index in [0.717, 1.165) is 5.69 Å². The second-order valence-electron chi connectivity index (χ2n) is 3.35. The van der Waals surface area contributed by atoms with E-state index in [1.807, 2.05) is 6.07 Å². The Kier molecular flexibility index (Phi) is 3.09. The molecule has 0 saturated heterocycles. The normalized spacial score (nSPS) is 10.0. The highest BCUT2D eigenvalue weighted by Crippen LogP contribution is 2.22. The first-order chi connectivity index (χ1) is 8.26. The molecule has 5 nitrogen and oxygen atoms in total. The number of benzene rings is 1. The summed E-state index contributed by atoms with van der Waals surface area (Å²) in [7, 11) is 2.85. The second-order valence-corrected chi connectivity index (χ2v) is 3.35. The van der Waals surface area contributed by atoms with Crippen molar-refractivity contribution in [1.29, 1.82) is 0 Å². The van der Waals surface area contributed by atoms with Crippen LogP contribution in [0.2, 0.25) is 0 Å². The molecule has 2 aromatic rings. The van der Waals surface area contributed by atoms with Gasteiger partial charge in [0.25, 0.3) is 0 Å². The fourth-order valence-electron chi connectivity index (χ4n) is 1.54. The predicted molar refractivity (Wildman–Crippen MR) is 61.5 cm³/mol. The highest BCUT2D eigenvalue weighted by molar-refractivity contribution is 5.93. The fraction of sp³-hybridized carbons (Fsp3) is 0.167. The highest BCUT2D eigenvalue weighted by Gasteiger charge is 2.13. The molecule has 88 valence electrons. The summed E-state index contributed by atoms with van der Waals surface area (Å²) in [6.45, 7) is 0. The van der Waals surface area contributed by atoms with Crippen molar-refractivity contribution in [2.24, 2.45) is 0 Å². The quantitative estimate of drug-likeness (QED) is 0.755. The number of hydrogen-bond acceptors (Lipinski definition) is 4. The van der Waals surface area contributed by atoms with Crippen LogP contribution in [0.25, 0.3) is 5.69 Å². The number of rotatable bonds is 3. The summed E-state index contributed by atoms with van der Waals surface area (Å²) in [5.74, 6) is 0.0598. The van der Waals surface area contributed by atoms with Crippen LogP contribution in [-0.4, -0.2) is 29.7 Å². The van der Waals surface area contributed by atoms with Crippen LogP contribution in [0, 0.1) is 0 Å². The molecule has 0 N–H and O–H groups in total. The number of hydrogen-bond donors (Lipinski definition) is 0. The largest absolute Gasteiger partial charge is 0.496 e. The van der Waals surface area contributed by atoms with Crippen LogP contribution in [0.5, 0.6) is 5.75 Å². The lowest BCUT2D eigenvalue weighted by molar-refractivity contribution is 0.0597. The molecule has 1 aromatic heterocycles. The molecule has 2 rings (SSSR count). The zero-order valence-corrected chi connectivity index (χ0v) is 9.58. The first-order valence-electron chi connectivity index (χ1n) is 5.01. The average molecular weight is 232 g/mol. The van der Waals surface area contributed by atoms with Crippen molar-refractivity contribution in [3.05, 3.63) is 42.5 Å². The molecule has 0 spiro atoms. The number of esters is 1. The smallest absolute Gasteiger partial charge is 0.341 e. The van der Waals surface area contributed by atoms with E-state index in [-0.39, 0.29) is 0 Å². The van der Waals surface area contributed by atoms with Gasteiger partial charge in [0.05, 0.1) is 20.5 Å². The SMILES string of the molecule is COC(=O)c1cc(-n2ccnc2)ccc1OC. The summed E-state index contributed by atoms with van der Waals surface area (Å²) < 4.78 is 11.6. The Morgan fingerprint density at radius 3 is 2.76 bits per heavy atom. The van der Waals surface area contributed by atoms with Crippen LogP contribution in [0.1, 0.15) is 10.4 Å². The van der Waals surface area contributed by atoms with E-state index >= 15 is 0 Å². The molecular weight excluding hydrogens is 220 g/mol. The number of aromatic nitrogens is 2. The van der Waals surface area contributed by atoms with E-state index in [1.54, 1.807) is 35.4 Å². The molecule has 0 amide bonds. The maximum atomic E-state index is 11.6. The third kappa shape index (κ3) is 2.13. The lowest BCUT2D eigenvalue weighted by Crippen LogP contribution is -2.05. The monoisotopic (exact) mass is 232 g/mol. The van der Waals surface area contributed by atoms with Gasteiger partial charge in [-0.15, -0.1) is 0 Å². The molecule has 5 heteroatoms. The first-order valence-corrected chi connectivity index (χ1v) is 5.01. The van der Waals surface area contributed by atoms with Crippen molar-refractivity contribution < 1.29 is 14.3 Å². The maximum Gasteiger partial charge on any atom is 0.341 e. The van der Waals surface area contributed by atoms with Gasteiger partial charge in [0.15, 0.2) is 0 Å². The first kappa shape index (κ1) is 11.2. The average Bonchev–Trinajstić information content (AvgIpc) is 2.91. The molecule has 0 radical (unpaired) electrons. The Balaban J connectivity index is 2.48. The molecule has 1 aromatic carbocycles. The van der Waals surface area contributed by atoms with E-state index in [9.17, 15) is 4.79 Å². The zero-order valence-electron chi connectivity index (χ0n) is 9.58. The van der Waals surface area contributed by atoms with Gasteiger partial charge in [-0.2, -0.15) is 0 Å². The summed E-state index contributed by atoms with van der Waals surface area (Å²) in [6.07, 6.45) is 5.12. The van der Waals surface area contributed by atoms with Crippen LogP contribution in [-0.2, 0) is 4.74 Å². The van der Waals surface area contributed by atoms with Crippen LogP contribution in [0.15, 0.2) is 36.9 Å². The number of imidazole rings is 1. The van der Waals surface area contributed by atoms with Gasteiger partial charge in [0.1, 0.15) is 11.3 Å². The zero-order chi connectivity index (χ0) is 12.3. The van der Waals surface area contributed by atoms with Gasteiger partial charge in [-0.1, -0.05) is 0 Å². The van der Waals surface area contributed by atoms with Crippen LogP contribution in [0.3, 0.4) is 0 Å². The van der Waals surface area contributed by atoms with Gasteiger partial charge in [0, 0.05) is 18.1 Å². The standard InChI is InChI=1S/C12H12N2O3/c1-16-11-4-3-9(14-6-5-13-8-14)7-10(11)12(15)17-2/h3-8H,1-2H3. The van der Waals surface area contributed by atoms with Gasteiger partial charge in [-0.3, -0.25) is 0 Å². The second kappa shape index (κ2) is 4.69. The third-order valence-electron chi connectivity index (χ3n) is 2.39. The molecule has 0 atom stereocenters. The van der Waals surface area contributed by atoms with Gasteiger partial charge < -0.3 is 14.0 Å². The number of carbonyl (C=O) groups excluding carboxylic acids is 1. The van der Waals surface area contributed by atoms with Crippen LogP contribution >= 0.6 is 0 Å². The minimum absolute atomic E-state index is 0.390. The molecule has 0 aliphatic heterocycles. The van der Waals surface area contributed by atoms with E-state index in [4.69, 9.17) is 9.47 Å². The maximum absolute atomic E-state index is 11.6. The Morgan fingerprint density at radius 1 is 1.35 bits per heavy atom. The van der Waals surface area contributed by atoms with Gasteiger partial charge >= 0.3 is 5.97 Å². The van der Waals surface area contributed by atoms with Crippen molar-refractivity contribution in [1.82, 2.24) is 9.55 Å². The Bertz CT molecular complexity index is 521. The van der Waals surface area contributed by atoms with Gasteiger partial charge in [-0.25, -0.2) is 9.78 Å². The van der Waals surface area contributed by atoms with E-state index in [2.05, 4.69) is 4.98 Å². The summed E-state index contributed by atoms with van der Waals surface area (Å²) in [5.41, 5.74) is 1.21. The van der Waals surface area contributed by atoms with Gasteiger partial charge in [0.2, 0.25) is 0 Å². The summed E-state index contributed by atoms with van der Waals surface area (Å²) >= 11 is 0. The third-order valence-corrected chi connectivity index (χ3v) is 2.39. The lowest BCUT2D eigenvalue weighted by atomic mass is 10.1. The number of nitrogens with zero attached hydrogens (tertiary/aromatic N) is 2. The molecule has 17 heavy (non-hydrogen) atoms. The van der Waals surface area contributed by atoms with Crippen molar-refractivity contribution >= 4 is 5.97 Å². The van der Waals surface area contributed by atoms with Gasteiger partial charge in [-0.05, 0) is 18.2 Å². The van der Waals surface area contributed by atoms with Crippen molar-refractivity contribution in [2.45, 2.75) is 0 Å². The number of ether oxygens (including phenoxy) is 2. The Morgan fingerprint density at radius 2 is 2.18 bits per heavy atom. The summed E-state index contributed by atoms with van der Waals surface area (Å²) in [5, 5.41) is 0. The van der Waals surface area contributed by atoms with E-state index < -0.39 is 5.97 Å². The molecule has 0 unspecified atom stereocenters. The molecule has 1 heterocycles. The molecule has 0 aliphatic carbocycles. The fourth-order valence-corrected chi connectivity index (χ4v) is 1.54. The minimum Gasteiger partial charge on any atom is -0.496 e. The lowest BCUT2D eigenvalue weighted by Gasteiger charge is -2.09. The topological polar surface area (TPSA) is 53.4 Å². The Labute approximate surface area is 98.6 Å². The number of carbonyl (C=O) groups is 1. The minimum atomic E-state index is -0.427. The Hall–Kier alpha value is -2.30. The molecule has 0 saturated carbocycles. The molecule has 0 fully saturated rings. The summed E-state index contributed by atoms with van der Waals surface area (Å²) in [4.78, 5) is 15.5. The van der Waals surface area contributed by atoms with Crippen LogP contribution < -0.4 is 4.74 Å². The molecular formula is C12H12N2O3. The highest BCUT2D eigenvalue weighted by atomic mass is 16.5. The van der Waals surface area contributed by atoms with Crippen molar-refractivity contribution in [3.63, 3.8) is 0 Å². The van der Waals surface area contributed by atoms with Crippen LogP contribution in [0.4, 0.5) is 0 Å². The van der Waals surface area contributed by atoms with E-state index in [0.29, 0.717) is 11.3 Å². The van der Waals surface area contributed by atoms with E-state index in [1.165, 1.54) is 14.2 Å². The summed E-state index contributed by atoms with van der Waals surface area (Å²) in [6, 6.07) is 5.26. The van der Waals surface area contributed by atoms with Crippen molar-refractivity contribution in [2.75, 3.05) is 14.2 Å².